The normalized spacial score (nSPS) is 15.0. The summed E-state index contributed by atoms with van der Waals surface area (Å²) in [5.41, 5.74) is 0.559. The SMILES string of the molecule is O=C(COC(=O)[C@H]1CC(=O)N(c2ccc([N+](=O)[O-])cc2)C1)c1ccc(OC(=O)c2ccco2)cc1. The maximum absolute atomic E-state index is 12.4. The van der Waals surface area contributed by atoms with Crippen LogP contribution in [0.3, 0.4) is 0 Å². The zero-order chi connectivity index (χ0) is 24.9. The standard InChI is InChI=1S/C24H18N2O9/c27-20(15-3-9-19(10-4-15)35-24(30)21-2-1-11-33-21)14-34-23(29)16-12-22(28)25(13-16)17-5-7-18(8-6-17)26(31)32/h1-11,16H,12-14H2/t16-/m0/s1. The summed E-state index contributed by atoms with van der Waals surface area (Å²) >= 11 is 0. The van der Waals surface area contributed by atoms with Crippen LogP contribution in [0.1, 0.15) is 27.3 Å². The number of nitro groups is 1. The first-order valence-electron chi connectivity index (χ1n) is 10.4. The van der Waals surface area contributed by atoms with Gasteiger partial charge >= 0.3 is 11.9 Å². The van der Waals surface area contributed by atoms with Crippen LogP contribution in [0.15, 0.2) is 71.3 Å². The summed E-state index contributed by atoms with van der Waals surface area (Å²) < 4.78 is 15.2. The minimum Gasteiger partial charge on any atom is -0.457 e. The summed E-state index contributed by atoms with van der Waals surface area (Å²) in [6.07, 6.45) is 1.24. The second-order valence-corrected chi connectivity index (χ2v) is 7.60. The number of furan rings is 1. The Bertz CT molecular complexity index is 1270. The van der Waals surface area contributed by atoms with Crippen molar-refractivity contribution in [2.75, 3.05) is 18.1 Å². The van der Waals surface area contributed by atoms with E-state index in [1.807, 2.05) is 0 Å². The predicted molar refractivity (Wildman–Crippen MR) is 119 cm³/mol. The zero-order valence-corrected chi connectivity index (χ0v) is 18.1. The number of ketones is 1. The van der Waals surface area contributed by atoms with Gasteiger partial charge in [-0.05, 0) is 48.5 Å². The number of Topliss-reactive ketones (excluding diaryl/α,β-unsaturated/α-hetero) is 1. The fourth-order valence-electron chi connectivity index (χ4n) is 3.47. The number of benzene rings is 2. The van der Waals surface area contributed by atoms with Gasteiger partial charge in [0.1, 0.15) is 5.75 Å². The van der Waals surface area contributed by atoms with Gasteiger partial charge in [-0.3, -0.25) is 24.5 Å². The summed E-state index contributed by atoms with van der Waals surface area (Å²) in [4.78, 5) is 60.6. The maximum atomic E-state index is 12.4. The average molecular weight is 478 g/mol. The number of rotatable bonds is 8. The Kier molecular flexibility index (Phi) is 6.67. The van der Waals surface area contributed by atoms with Gasteiger partial charge in [-0.25, -0.2) is 4.79 Å². The molecule has 0 radical (unpaired) electrons. The number of hydrogen-bond donors (Lipinski definition) is 0. The number of nitrogens with zero attached hydrogens (tertiary/aromatic N) is 2. The molecule has 1 saturated heterocycles. The molecule has 2 heterocycles. The number of hydrogen-bond acceptors (Lipinski definition) is 9. The monoisotopic (exact) mass is 478 g/mol. The molecule has 4 rings (SSSR count). The molecule has 0 N–H and O–H groups in total. The van der Waals surface area contributed by atoms with Crippen molar-refractivity contribution in [1.29, 1.82) is 0 Å². The predicted octanol–water partition coefficient (Wildman–Crippen LogP) is 3.19. The molecule has 3 aromatic rings. The van der Waals surface area contributed by atoms with Crippen molar-refractivity contribution in [1.82, 2.24) is 0 Å². The lowest BCUT2D eigenvalue weighted by Gasteiger charge is -2.16. The second kappa shape index (κ2) is 10.00. The molecule has 0 spiro atoms. The van der Waals surface area contributed by atoms with Gasteiger partial charge in [0, 0.05) is 36.3 Å². The number of amides is 1. The number of esters is 2. The van der Waals surface area contributed by atoms with E-state index in [0.29, 0.717) is 5.69 Å². The van der Waals surface area contributed by atoms with Crippen LogP contribution in [-0.4, -0.2) is 41.7 Å². The number of anilines is 1. The van der Waals surface area contributed by atoms with E-state index in [1.54, 1.807) is 6.07 Å². The van der Waals surface area contributed by atoms with Crippen LogP contribution in [-0.2, 0) is 14.3 Å². The Hall–Kier alpha value is -4.80. The van der Waals surface area contributed by atoms with Gasteiger partial charge in [0.2, 0.25) is 11.7 Å². The van der Waals surface area contributed by atoms with Gasteiger partial charge in [-0.2, -0.15) is 0 Å². The Morgan fingerprint density at radius 1 is 1.06 bits per heavy atom. The molecule has 35 heavy (non-hydrogen) atoms. The molecule has 1 fully saturated rings. The van der Waals surface area contributed by atoms with Crippen molar-refractivity contribution in [3.05, 3.63) is 88.4 Å². The van der Waals surface area contributed by atoms with Crippen molar-refractivity contribution in [3.63, 3.8) is 0 Å². The van der Waals surface area contributed by atoms with Crippen molar-refractivity contribution in [3.8, 4) is 5.75 Å². The molecule has 0 unspecified atom stereocenters. The van der Waals surface area contributed by atoms with Crippen molar-refractivity contribution >= 4 is 35.0 Å². The van der Waals surface area contributed by atoms with Crippen LogP contribution >= 0.6 is 0 Å². The minimum atomic E-state index is -0.770. The lowest BCUT2D eigenvalue weighted by molar-refractivity contribution is -0.384. The molecule has 1 aromatic heterocycles. The molecular weight excluding hydrogens is 460 g/mol. The Labute approximate surface area is 198 Å². The van der Waals surface area contributed by atoms with Crippen LogP contribution in [0.4, 0.5) is 11.4 Å². The molecule has 0 aliphatic carbocycles. The topological polar surface area (TPSA) is 146 Å². The molecule has 2 aromatic carbocycles. The Balaban J connectivity index is 1.28. The summed E-state index contributed by atoms with van der Waals surface area (Å²) in [6, 6.07) is 14.1. The third-order valence-corrected chi connectivity index (χ3v) is 5.29. The lowest BCUT2D eigenvalue weighted by Crippen LogP contribution is -2.27. The van der Waals surface area contributed by atoms with Gasteiger partial charge in [-0.15, -0.1) is 0 Å². The maximum Gasteiger partial charge on any atom is 0.379 e. The molecule has 178 valence electrons. The van der Waals surface area contributed by atoms with E-state index in [1.165, 1.54) is 65.8 Å². The number of nitro benzene ring substituents is 1. The van der Waals surface area contributed by atoms with Crippen molar-refractivity contribution in [2.45, 2.75) is 6.42 Å². The van der Waals surface area contributed by atoms with E-state index in [4.69, 9.17) is 13.9 Å². The average Bonchev–Trinajstić information content (AvgIpc) is 3.53. The van der Waals surface area contributed by atoms with E-state index in [2.05, 4.69) is 0 Å². The smallest absolute Gasteiger partial charge is 0.379 e. The van der Waals surface area contributed by atoms with Crippen LogP contribution in [0.2, 0.25) is 0 Å². The molecule has 1 aliphatic rings. The molecule has 1 amide bonds. The van der Waals surface area contributed by atoms with Crippen molar-refractivity contribution < 1.29 is 38.0 Å². The highest BCUT2D eigenvalue weighted by Gasteiger charge is 2.36. The van der Waals surface area contributed by atoms with Gasteiger partial charge < -0.3 is 18.8 Å². The summed E-state index contributed by atoms with van der Waals surface area (Å²) in [6.45, 7) is -0.480. The highest BCUT2D eigenvalue weighted by Crippen LogP contribution is 2.27. The molecule has 1 atom stereocenters. The molecule has 11 nitrogen and oxygen atoms in total. The third kappa shape index (κ3) is 5.41. The van der Waals surface area contributed by atoms with E-state index >= 15 is 0 Å². The second-order valence-electron chi connectivity index (χ2n) is 7.60. The fourth-order valence-corrected chi connectivity index (χ4v) is 3.47. The fraction of sp³-hybridized carbons (Fsp3) is 0.167. The summed E-state index contributed by atoms with van der Waals surface area (Å²) in [5, 5.41) is 10.8. The van der Waals surface area contributed by atoms with E-state index in [0.717, 1.165) is 0 Å². The molecule has 11 heteroatoms. The van der Waals surface area contributed by atoms with Crippen LogP contribution in [0.25, 0.3) is 0 Å². The first-order valence-corrected chi connectivity index (χ1v) is 10.4. The number of non-ortho nitro benzene ring substituents is 1. The first-order chi connectivity index (χ1) is 16.8. The highest BCUT2D eigenvalue weighted by atomic mass is 16.6. The van der Waals surface area contributed by atoms with Gasteiger partial charge in [0.25, 0.3) is 5.69 Å². The Morgan fingerprint density at radius 2 is 1.77 bits per heavy atom. The zero-order valence-electron chi connectivity index (χ0n) is 18.1. The molecule has 0 bridgehead atoms. The van der Waals surface area contributed by atoms with Gasteiger partial charge in [0.05, 0.1) is 17.1 Å². The largest absolute Gasteiger partial charge is 0.457 e. The lowest BCUT2D eigenvalue weighted by atomic mass is 10.1. The molecular formula is C24H18N2O9. The quantitative estimate of drug-likeness (QED) is 0.157. The Morgan fingerprint density at radius 3 is 2.40 bits per heavy atom. The van der Waals surface area contributed by atoms with E-state index in [9.17, 15) is 29.3 Å². The van der Waals surface area contributed by atoms with E-state index < -0.39 is 35.2 Å². The molecule has 0 saturated carbocycles. The van der Waals surface area contributed by atoms with Crippen molar-refractivity contribution in [2.24, 2.45) is 5.92 Å². The summed E-state index contributed by atoms with van der Waals surface area (Å²) in [5.74, 6) is -2.71. The number of carbonyl (C=O) groups excluding carboxylic acids is 4. The van der Waals surface area contributed by atoms with Crippen LogP contribution in [0.5, 0.6) is 5.75 Å². The number of carbonyl (C=O) groups is 4. The number of ether oxygens (including phenoxy) is 2. The highest BCUT2D eigenvalue weighted by molar-refractivity contribution is 6.01. The minimum absolute atomic E-state index is 0.0367. The van der Waals surface area contributed by atoms with Crippen LogP contribution in [0, 0.1) is 16.0 Å². The summed E-state index contributed by atoms with van der Waals surface area (Å²) in [7, 11) is 0. The first kappa shape index (κ1) is 23.4. The third-order valence-electron chi connectivity index (χ3n) is 5.29. The molecule has 1 aliphatic heterocycles. The van der Waals surface area contributed by atoms with Gasteiger partial charge in [0.15, 0.2) is 12.4 Å². The van der Waals surface area contributed by atoms with E-state index in [-0.39, 0.29) is 41.6 Å². The van der Waals surface area contributed by atoms with Crippen LogP contribution < -0.4 is 9.64 Å². The van der Waals surface area contributed by atoms with Gasteiger partial charge in [-0.1, -0.05) is 0 Å².